The van der Waals surface area contributed by atoms with Crippen molar-refractivity contribution in [1.82, 2.24) is 9.97 Å². The summed E-state index contributed by atoms with van der Waals surface area (Å²) in [6.45, 7) is 0. The quantitative estimate of drug-likeness (QED) is 0.262. The molecule has 0 aliphatic rings. The standard InChI is InChI=1S/C24H18.C9H10N2/c1-4-10-19(11-5-1)22-16-23(20-12-6-2-7-13-20)18-24(17-22)21-14-8-3-9-15-21;1-3-8(10-5-1)7-9-4-2-6-11-9/h1-18H;1-6,10-11H,7H2. The van der Waals surface area contributed by atoms with E-state index in [0.29, 0.717) is 0 Å². The minimum atomic E-state index is 0.958. The lowest BCUT2D eigenvalue weighted by Gasteiger charge is -2.11. The molecule has 0 amide bonds. The highest BCUT2D eigenvalue weighted by Crippen LogP contribution is 2.32. The largest absolute Gasteiger partial charge is 0.365 e. The molecule has 0 unspecified atom stereocenters. The average molecular weight is 453 g/mol. The number of aromatic amines is 2. The first-order valence-corrected chi connectivity index (χ1v) is 11.9. The lowest BCUT2D eigenvalue weighted by atomic mass is 9.93. The Labute approximate surface area is 207 Å². The molecule has 6 aromatic rings. The molecule has 0 radical (unpaired) electrons. The van der Waals surface area contributed by atoms with Gasteiger partial charge in [-0.05, 0) is 75.8 Å². The predicted molar refractivity (Wildman–Crippen MR) is 147 cm³/mol. The predicted octanol–water partition coefficient (Wildman–Crippen LogP) is 8.62. The molecular weight excluding hydrogens is 424 g/mol. The van der Waals surface area contributed by atoms with E-state index in [2.05, 4.69) is 131 Å². The molecule has 4 aromatic carbocycles. The van der Waals surface area contributed by atoms with E-state index in [1.165, 1.54) is 44.8 Å². The first-order valence-electron chi connectivity index (χ1n) is 11.9. The van der Waals surface area contributed by atoms with Crippen LogP contribution in [0, 0.1) is 0 Å². The third-order valence-corrected chi connectivity index (χ3v) is 5.96. The van der Waals surface area contributed by atoms with Gasteiger partial charge in [-0.3, -0.25) is 0 Å². The van der Waals surface area contributed by atoms with Crippen molar-refractivity contribution in [2.45, 2.75) is 6.42 Å². The Bertz CT molecular complexity index is 1250. The summed E-state index contributed by atoms with van der Waals surface area (Å²) in [5, 5.41) is 0. The molecule has 0 spiro atoms. The summed E-state index contributed by atoms with van der Waals surface area (Å²) < 4.78 is 0. The van der Waals surface area contributed by atoms with Crippen molar-refractivity contribution in [2.75, 3.05) is 0 Å². The van der Waals surface area contributed by atoms with Gasteiger partial charge in [0.15, 0.2) is 0 Å². The van der Waals surface area contributed by atoms with Crippen LogP contribution in [-0.4, -0.2) is 9.97 Å². The average Bonchev–Trinajstić information content (AvgIpc) is 3.65. The highest BCUT2D eigenvalue weighted by molar-refractivity contribution is 5.81. The Morgan fingerprint density at radius 3 is 0.971 bits per heavy atom. The minimum Gasteiger partial charge on any atom is -0.365 e. The number of rotatable bonds is 5. The van der Waals surface area contributed by atoms with Crippen molar-refractivity contribution in [3.05, 3.63) is 157 Å². The van der Waals surface area contributed by atoms with Gasteiger partial charge in [-0.2, -0.15) is 0 Å². The lowest BCUT2D eigenvalue weighted by Crippen LogP contribution is -1.86. The van der Waals surface area contributed by atoms with Gasteiger partial charge in [0, 0.05) is 30.2 Å². The number of nitrogens with one attached hydrogen (secondary N) is 2. The smallest absolute Gasteiger partial charge is 0.0278 e. The van der Waals surface area contributed by atoms with Crippen molar-refractivity contribution in [3.63, 3.8) is 0 Å². The molecule has 0 atom stereocenters. The fraction of sp³-hybridized carbons (Fsp3) is 0.0303. The molecule has 0 bridgehead atoms. The van der Waals surface area contributed by atoms with E-state index in [-0.39, 0.29) is 0 Å². The van der Waals surface area contributed by atoms with E-state index in [0.717, 1.165) is 6.42 Å². The maximum atomic E-state index is 3.16. The topological polar surface area (TPSA) is 31.6 Å². The Hall–Kier alpha value is -4.56. The van der Waals surface area contributed by atoms with Gasteiger partial charge in [0.25, 0.3) is 0 Å². The Kier molecular flexibility index (Phi) is 7.02. The molecule has 0 aliphatic carbocycles. The normalized spacial score (nSPS) is 10.4. The highest BCUT2D eigenvalue weighted by atomic mass is 14.7. The second kappa shape index (κ2) is 11.0. The number of aromatic nitrogens is 2. The van der Waals surface area contributed by atoms with Gasteiger partial charge in [-0.25, -0.2) is 0 Å². The zero-order chi connectivity index (χ0) is 23.7. The van der Waals surface area contributed by atoms with Crippen LogP contribution in [0.2, 0.25) is 0 Å². The molecule has 0 saturated carbocycles. The van der Waals surface area contributed by atoms with Gasteiger partial charge in [0.2, 0.25) is 0 Å². The summed E-state index contributed by atoms with van der Waals surface area (Å²) in [5.41, 5.74) is 9.95. The van der Waals surface area contributed by atoms with Crippen molar-refractivity contribution in [2.24, 2.45) is 0 Å². The molecule has 35 heavy (non-hydrogen) atoms. The van der Waals surface area contributed by atoms with Gasteiger partial charge < -0.3 is 9.97 Å². The van der Waals surface area contributed by atoms with Gasteiger partial charge in [-0.1, -0.05) is 91.0 Å². The third kappa shape index (κ3) is 5.87. The maximum absolute atomic E-state index is 3.16. The van der Waals surface area contributed by atoms with E-state index in [4.69, 9.17) is 0 Å². The maximum Gasteiger partial charge on any atom is 0.0278 e. The van der Waals surface area contributed by atoms with Crippen LogP contribution < -0.4 is 0 Å². The Morgan fingerprint density at radius 2 is 0.686 bits per heavy atom. The second-order valence-electron chi connectivity index (χ2n) is 8.46. The van der Waals surface area contributed by atoms with E-state index in [1.54, 1.807) is 0 Å². The SMILES string of the molecule is c1c[nH]c(Cc2ccc[nH]2)c1.c1ccc(-c2cc(-c3ccccc3)cc(-c3ccccc3)c2)cc1. The fourth-order valence-electron chi connectivity index (χ4n) is 4.18. The van der Waals surface area contributed by atoms with E-state index in [9.17, 15) is 0 Å². The molecule has 0 aliphatic heterocycles. The van der Waals surface area contributed by atoms with Crippen LogP contribution in [0.3, 0.4) is 0 Å². The van der Waals surface area contributed by atoms with Crippen LogP contribution >= 0.6 is 0 Å². The van der Waals surface area contributed by atoms with Crippen LogP contribution in [0.5, 0.6) is 0 Å². The van der Waals surface area contributed by atoms with Crippen LogP contribution in [0.4, 0.5) is 0 Å². The second-order valence-corrected chi connectivity index (χ2v) is 8.46. The monoisotopic (exact) mass is 452 g/mol. The molecule has 2 N–H and O–H groups in total. The van der Waals surface area contributed by atoms with Gasteiger partial charge in [0.1, 0.15) is 0 Å². The molecule has 170 valence electrons. The first kappa shape index (κ1) is 22.2. The molecule has 2 heteroatoms. The summed E-state index contributed by atoms with van der Waals surface area (Å²) in [4.78, 5) is 6.31. The molecule has 2 aromatic heterocycles. The van der Waals surface area contributed by atoms with Crippen LogP contribution in [0.1, 0.15) is 11.4 Å². The van der Waals surface area contributed by atoms with Gasteiger partial charge >= 0.3 is 0 Å². The zero-order valence-electron chi connectivity index (χ0n) is 19.6. The molecular formula is C33H28N2. The summed E-state index contributed by atoms with van der Waals surface area (Å²) in [6, 6.07) is 46.7. The molecule has 0 fully saturated rings. The summed E-state index contributed by atoms with van der Waals surface area (Å²) >= 11 is 0. The van der Waals surface area contributed by atoms with Gasteiger partial charge in [0.05, 0.1) is 0 Å². The molecule has 6 rings (SSSR count). The van der Waals surface area contributed by atoms with Crippen LogP contribution in [0.15, 0.2) is 146 Å². The fourth-order valence-corrected chi connectivity index (χ4v) is 4.18. The molecule has 2 heterocycles. The van der Waals surface area contributed by atoms with Crippen molar-refractivity contribution >= 4 is 0 Å². The minimum absolute atomic E-state index is 0.958. The summed E-state index contributed by atoms with van der Waals surface area (Å²) in [7, 11) is 0. The zero-order valence-corrected chi connectivity index (χ0v) is 19.6. The van der Waals surface area contributed by atoms with Crippen molar-refractivity contribution < 1.29 is 0 Å². The van der Waals surface area contributed by atoms with Crippen LogP contribution in [0.25, 0.3) is 33.4 Å². The van der Waals surface area contributed by atoms with E-state index >= 15 is 0 Å². The highest BCUT2D eigenvalue weighted by Gasteiger charge is 2.06. The number of hydrogen-bond acceptors (Lipinski definition) is 0. The Balaban J connectivity index is 0.000000192. The van der Waals surface area contributed by atoms with Crippen molar-refractivity contribution in [1.29, 1.82) is 0 Å². The number of H-pyrrole nitrogens is 2. The lowest BCUT2D eigenvalue weighted by molar-refractivity contribution is 1.05. The van der Waals surface area contributed by atoms with Gasteiger partial charge in [-0.15, -0.1) is 0 Å². The molecule has 2 nitrogen and oxygen atoms in total. The summed E-state index contributed by atoms with van der Waals surface area (Å²) in [6.07, 6.45) is 4.84. The van der Waals surface area contributed by atoms with E-state index < -0.39 is 0 Å². The third-order valence-electron chi connectivity index (χ3n) is 5.96. The van der Waals surface area contributed by atoms with Crippen molar-refractivity contribution in [3.8, 4) is 33.4 Å². The summed E-state index contributed by atoms with van der Waals surface area (Å²) in [5.74, 6) is 0. The first-order chi connectivity index (χ1) is 17.3. The molecule has 0 saturated heterocycles. The number of benzene rings is 4. The Morgan fingerprint density at radius 1 is 0.343 bits per heavy atom. The van der Waals surface area contributed by atoms with E-state index in [1.807, 2.05) is 24.5 Å². The van der Waals surface area contributed by atoms with Crippen LogP contribution in [-0.2, 0) is 6.42 Å². The number of hydrogen-bond donors (Lipinski definition) is 2.